The molecular weight excluding hydrogens is 524 g/mol. The molecule has 0 saturated carbocycles. The topological polar surface area (TPSA) is 81.9 Å². The van der Waals surface area contributed by atoms with E-state index in [2.05, 4.69) is 10.1 Å². The summed E-state index contributed by atoms with van der Waals surface area (Å²) in [4.78, 5) is 32.9. The normalized spacial score (nSPS) is 21.4. The molecule has 2 bridgehead atoms. The number of aryl methyl sites for hydroxylation is 1. The van der Waals surface area contributed by atoms with Gasteiger partial charge < -0.3 is 14.8 Å². The molecule has 10 heteroatoms. The van der Waals surface area contributed by atoms with E-state index in [-0.39, 0.29) is 17.2 Å². The molecule has 6 rings (SSSR count). The predicted octanol–water partition coefficient (Wildman–Crippen LogP) is 4.23. The number of hydrogen-bond acceptors (Lipinski definition) is 6. The summed E-state index contributed by atoms with van der Waals surface area (Å²) in [5.74, 6) is -0.542. The van der Waals surface area contributed by atoms with Gasteiger partial charge in [0.25, 0.3) is 5.56 Å². The molecule has 4 aromatic rings. The van der Waals surface area contributed by atoms with Crippen molar-refractivity contribution in [3.8, 4) is 11.5 Å². The van der Waals surface area contributed by atoms with Gasteiger partial charge in [0.15, 0.2) is 4.80 Å². The van der Waals surface area contributed by atoms with E-state index in [0.717, 1.165) is 11.1 Å². The number of ether oxygens (including phenoxy) is 2. The molecular formula is C29H23F2N3O4S. The lowest BCUT2D eigenvalue weighted by Gasteiger charge is -2.45. The van der Waals surface area contributed by atoms with Gasteiger partial charge in [0.2, 0.25) is 11.6 Å². The quantitative estimate of drug-likeness (QED) is 0.406. The first kappa shape index (κ1) is 25.0. The minimum Gasteiger partial charge on any atom is -0.465 e. The SMILES string of the molecule is Cc1ccccc1NC(=O)[C@@H]1[C@@H]2c3ccccc3O[C@]1(C)N=c1s/c(=C/c3ccc(OC(F)F)cc3)c(=O)n12. The molecule has 39 heavy (non-hydrogen) atoms. The number of anilines is 1. The number of nitrogens with zero attached hydrogens (tertiary/aromatic N) is 2. The van der Waals surface area contributed by atoms with Crippen LogP contribution in [0.1, 0.15) is 29.7 Å². The molecule has 0 fully saturated rings. The number of fused-ring (bicyclic) bond motifs is 6. The van der Waals surface area contributed by atoms with Crippen molar-refractivity contribution in [2.45, 2.75) is 32.2 Å². The fourth-order valence-corrected chi connectivity index (χ4v) is 6.26. The molecule has 0 unspecified atom stereocenters. The van der Waals surface area contributed by atoms with Gasteiger partial charge in [-0.1, -0.05) is 59.9 Å². The molecule has 1 aromatic heterocycles. The van der Waals surface area contributed by atoms with E-state index in [9.17, 15) is 18.4 Å². The molecule has 198 valence electrons. The fraction of sp³-hybridized carbons (Fsp3) is 0.207. The standard InChI is InChI=1S/C29H23F2N3O4S/c1-16-7-3-5-9-20(16)32-25(35)23-24-19-8-4-6-10-21(19)38-29(23,2)33-28-34(24)26(36)22(39-28)15-17-11-13-18(14-12-17)37-27(30)31/h3-15,23-24,27H,1-2H3,(H,32,35)/b22-15+/t23-,24-,29-/m0/s1. The van der Waals surface area contributed by atoms with Crippen LogP contribution in [0, 0.1) is 12.8 Å². The fourth-order valence-electron chi connectivity index (χ4n) is 5.16. The van der Waals surface area contributed by atoms with Crippen LogP contribution in [0.4, 0.5) is 14.5 Å². The highest BCUT2D eigenvalue weighted by atomic mass is 32.1. The Hall–Kier alpha value is -4.31. The summed E-state index contributed by atoms with van der Waals surface area (Å²) in [5.41, 5.74) is 1.38. The predicted molar refractivity (Wildman–Crippen MR) is 143 cm³/mol. The monoisotopic (exact) mass is 547 g/mol. The maximum Gasteiger partial charge on any atom is 0.387 e. The average molecular weight is 548 g/mol. The van der Waals surface area contributed by atoms with Gasteiger partial charge in [-0.15, -0.1) is 0 Å². The molecule has 7 nitrogen and oxygen atoms in total. The van der Waals surface area contributed by atoms with E-state index in [1.54, 1.807) is 29.7 Å². The molecule has 2 aliphatic heterocycles. The first-order chi connectivity index (χ1) is 18.7. The maximum atomic E-state index is 13.8. The summed E-state index contributed by atoms with van der Waals surface area (Å²) >= 11 is 1.19. The zero-order chi connectivity index (χ0) is 27.3. The van der Waals surface area contributed by atoms with E-state index in [4.69, 9.17) is 9.73 Å². The number of benzene rings is 3. The number of para-hydroxylation sites is 2. The van der Waals surface area contributed by atoms with Crippen molar-refractivity contribution >= 4 is 29.0 Å². The lowest BCUT2D eigenvalue weighted by Crippen LogP contribution is -2.59. The van der Waals surface area contributed by atoms with Gasteiger partial charge >= 0.3 is 6.61 Å². The number of thiazole rings is 1. The van der Waals surface area contributed by atoms with Gasteiger partial charge in [-0.05, 0) is 55.3 Å². The molecule has 0 aliphatic carbocycles. The molecule has 0 saturated heterocycles. The number of hydrogen-bond donors (Lipinski definition) is 1. The van der Waals surface area contributed by atoms with Crippen LogP contribution >= 0.6 is 11.3 Å². The smallest absolute Gasteiger partial charge is 0.387 e. The second kappa shape index (κ2) is 9.46. The first-order valence-corrected chi connectivity index (χ1v) is 13.1. The molecule has 0 spiro atoms. The highest BCUT2D eigenvalue weighted by molar-refractivity contribution is 7.07. The Bertz CT molecular complexity index is 1770. The van der Waals surface area contributed by atoms with Gasteiger partial charge in [0, 0.05) is 11.3 Å². The molecule has 0 radical (unpaired) electrons. The van der Waals surface area contributed by atoms with Crippen LogP contribution in [0.3, 0.4) is 0 Å². The van der Waals surface area contributed by atoms with Crippen molar-refractivity contribution in [1.82, 2.24) is 4.57 Å². The first-order valence-electron chi connectivity index (χ1n) is 12.3. The third-order valence-electron chi connectivity index (χ3n) is 6.97. The number of nitrogens with one attached hydrogen (secondary N) is 1. The van der Waals surface area contributed by atoms with Crippen molar-refractivity contribution in [2.75, 3.05) is 5.32 Å². The van der Waals surface area contributed by atoms with E-state index < -0.39 is 24.3 Å². The average Bonchev–Trinajstić information content (AvgIpc) is 3.18. The lowest BCUT2D eigenvalue weighted by molar-refractivity contribution is -0.131. The van der Waals surface area contributed by atoms with Gasteiger partial charge in [-0.25, -0.2) is 4.99 Å². The van der Waals surface area contributed by atoms with E-state index >= 15 is 0 Å². The lowest BCUT2D eigenvalue weighted by atomic mass is 9.80. The zero-order valence-electron chi connectivity index (χ0n) is 20.9. The van der Waals surface area contributed by atoms with Crippen molar-refractivity contribution in [1.29, 1.82) is 0 Å². The van der Waals surface area contributed by atoms with Gasteiger partial charge in [0.05, 0.1) is 10.6 Å². The zero-order valence-corrected chi connectivity index (χ0v) is 21.7. The van der Waals surface area contributed by atoms with Crippen LogP contribution in [0.15, 0.2) is 82.6 Å². The summed E-state index contributed by atoms with van der Waals surface area (Å²) in [5, 5.41) is 3.02. The van der Waals surface area contributed by atoms with E-state index in [1.807, 2.05) is 55.5 Å². The van der Waals surface area contributed by atoms with Crippen LogP contribution in [-0.2, 0) is 4.79 Å². The van der Waals surface area contributed by atoms with Crippen molar-refractivity contribution in [2.24, 2.45) is 10.9 Å². The number of halogens is 2. The van der Waals surface area contributed by atoms with Crippen LogP contribution in [0.2, 0.25) is 0 Å². The Labute approximate surface area is 225 Å². The number of aromatic nitrogens is 1. The largest absolute Gasteiger partial charge is 0.465 e. The maximum absolute atomic E-state index is 13.8. The van der Waals surface area contributed by atoms with Crippen molar-refractivity contribution in [3.05, 3.63) is 109 Å². The highest BCUT2D eigenvalue weighted by Crippen LogP contribution is 2.47. The Morgan fingerprint density at radius 3 is 2.59 bits per heavy atom. The van der Waals surface area contributed by atoms with Gasteiger partial charge in [-0.3, -0.25) is 14.2 Å². The number of carbonyl (C=O) groups is 1. The number of carbonyl (C=O) groups excluding carboxylic acids is 1. The van der Waals surface area contributed by atoms with Crippen LogP contribution < -0.4 is 29.7 Å². The molecule has 3 atom stereocenters. The Kier molecular flexibility index (Phi) is 6.06. The second-order valence-electron chi connectivity index (χ2n) is 9.55. The minimum atomic E-state index is -2.92. The Balaban J connectivity index is 1.47. The number of rotatable bonds is 5. The third kappa shape index (κ3) is 4.40. The molecule has 3 heterocycles. The number of amides is 1. The molecule has 1 N–H and O–H groups in total. The molecule has 2 aliphatic rings. The summed E-state index contributed by atoms with van der Waals surface area (Å²) in [7, 11) is 0. The molecule has 1 amide bonds. The second-order valence-corrected chi connectivity index (χ2v) is 10.6. The van der Waals surface area contributed by atoms with Crippen LogP contribution in [0.5, 0.6) is 11.5 Å². The summed E-state index contributed by atoms with van der Waals surface area (Å²) in [6.45, 7) is 0.749. The van der Waals surface area contributed by atoms with Crippen LogP contribution in [0.25, 0.3) is 6.08 Å². The summed E-state index contributed by atoms with van der Waals surface area (Å²) in [6, 6.07) is 20.2. The minimum absolute atomic E-state index is 0.0253. The Morgan fingerprint density at radius 1 is 1.13 bits per heavy atom. The van der Waals surface area contributed by atoms with Gasteiger partial charge in [-0.2, -0.15) is 8.78 Å². The van der Waals surface area contributed by atoms with Crippen molar-refractivity contribution in [3.63, 3.8) is 0 Å². The van der Waals surface area contributed by atoms with Crippen molar-refractivity contribution < 1.29 is 23.0 Å². The van der Waals surface area contributed by atoms with Gasteiger partial charge in [0.1, 0.15) is 17.4 Å². The third-order valence-corrected chi connectivity index (χ3v) is 7.95. The van der Waals surface area contributed by atoms with E-state index in [0.29, 0.717) is 26.3 Å². The Morgan fingerprint density at radius 2 is 1.85 bits per heavy atom. The van der Waals surface area contributed by atoms with E-state index in [1.165, 1.54) is 23.5 Å². The highest BCUT2D eigenvalue weighted by Gasteiger charge is 2.55. The summed E-state index contributed by atoms with van der Waals surface area (Å²) < 4.78 is 37.7. The summed E-state index contributed by atoms with van der Waals surface area (Å²) in [6.07, 6.45) is 1.67. The molecule has 3 aromatic carbocycles. The number of alkyl halides is 2. The van der Waals surface area contributed by atoms with Crippen LogP contribution in [-0.4, -0.2) is 22.8 Å².